The van der Waals surface area contributed by atoms with Crippen molar-refractivity contribution >= 4 is 32.7 Å². The zero-order chi connectivity index (χ0) is 20.3. The number of benzene rings is 2. The van der Waals surface area contributed by atoms with Gasteiger partial charge < -0.3 is 9.73 Å². The van der Waals surface area contributed by atoms with Crippen molar-refractivity contribution in [3.63, 3.8) is 0 Å². The summed E-state index contributed by atoms with van der Waals surface area (Å²) in [6, 6.07) is 11.2. The van der Waals surface area contributed by atoms with E-state index in [9.17, 15) is 13.2 Å². The van der Waals surface area contributed by atoms with Crippen LogP contribution in [0.1, 0.15) is 37.0 Å². The minimum atomic E-state index is -3.63. The molecule has 3 aromatic rings. The van der Waals surface area contributed by atoms with Gasteiger partial charge in [-0.1, -0.05) is 26.8 Å². The lowest BCUT2D eigenvalue weighted by atomic mass is 10.2. The van der Waals surface area contributed by atoms with Gasteiger partial charge in [0.1, 0.15) is 5.52 Å². The second-order valence-corrected chi connectivity index (χ2v) is 8.15. The van der Waals surface area contributed by atoms with Gasteiger partial charge in [0.15, 0.2) is 11.5 Å². The Morgan fingerprint density at radius 2 is 1.86 bits per heavy atom. The highest BCUT2D eigenvalue weighted by atomic mass is 32.2. The van der Waals surface area contributed by atoms with E-state index in [1.165, 1.54) is 16.4 Å². The molecule has 0 unspecified atom stereocenters. The predicted octanol–water partition coefficient (Wildman–Crippen LogP) is 3.67. The van der Waals surface area contributed by atoms with Gasteiger partial charge in [-0.05, 0) is 36.4 Å². The molecule has 0 bridgehead atoms. The number of fused-ring (bicyclic) bond motifs is 1. The SMILES string of the molecule is CCc1nc2cc(NC(=O)c3cccc(S(=O)(=O)N(CC)CC)c3)ccc2o1. The lowest BCUT2D eigenvalue weighted by Crippen LogP contribution is -2.30. The molecule has 0 radical (unpaired) electrons. The fraction of sp³-hybridized carbons (Fsp3) is 0.300. The molecule has 0 aliphatic carbocycles. The van der Waals surface area contributed by atoms with Crippen molar-refractivity contribution < 1.29 is 17.6 Å². The number of amides is 1. The van der Waals surface area contributed by atoms with E-state index in [1.807, 2.05) is 6.92 Å². The summed E-state index contributed by atoms with van der Waals surface area (Å²) in [5, 5.41) is 2.78. The average Bonchev–Trinajstić information content (AvgIpc) is 3.11. The molecule has 0 saturated heterocycles. The van der Waals surface area contributed by atoms with Crippen molar-refractivity contribution in [1.82, 2.24) is 9.29 Å². The molecule has 0 aliphatic heterocycles. The highest BCUT2D eigenvalue weighted by molar-refractivity contribution is 7.89. The van der Waals surface area contributed by atoms with Gasteiger partial charge in [0.05, 0.1) is 4.90 Å². The van der Waals surface area contributed by atoms with Gasteiger partial charge >= 0.3 is 0 Å². The fourth-order valence-corrected chi connectivity index (χ4v) is 4.42. The highest BCUT2D eigenvalue weighted by Crippen LogP contribution is 2.22. The van der Waals surface area contributed by atoms with Gasteiger partial charge in [0.2, 0.25) is 10.0 Å². The summed E-state index contributed by atoms with van der Waals surface area (Å²) in [4.78, 5) is 17.1. The summed E-state index contributed by atoms with van der Waals surface area (Å²) in [6.45, 7) is 6.25. The summed E-state index contributed by atoms with van der Waals surface area (Å²) in [6.07, 6.45) is 0.685. The van der Waals surface area contributed by atoms with E-state index in [0.29, 0.717) is 42.2 Å². The van der Waals surface area contributed by atoms with E-state index in [2.05, 4.69) is 10.3 Å². The number of sulfonamides is 1. The maximum Gasteiger partial charge on any atom is 0.255 e. The van der Waals surface area contributed by atoms with Gasteiger partial charge in [-0.3, -0.25) is 4.79 Å². The van der Waals surface area contributed by atoms with E-state index in [0.717, 1.165) is 0 Å². The standard InChI is InChI=1S/C20H23N3O4S/c1-4-19-22-17-13-15(10-11-18(17)27-19)21-20(24)14-8-7-9-16(12-14)28(25,26)23(5-2)6-3/h7-13H,4-6H2,1-3H3,(H,21,24). The molecule has 1 heterocycles. The molecule has 2 aromatic carbocycles. The number of aryl methyl sites for hydroxylation is 1. The average molecular weight is 401 g/mol. The van der Waals surface area contributed by atoms with Gasteiger partial charge in [0.25, 0.3) is 5.91 Å². The van der Waals surface area contributed by atoms with E-state index in [4.69, 9.17) is 4.42 Å². The van der Waals surface area contributed by atoms with Gasteiger partial charge in [0, 0.05) is 30.8 Å². The molecular formula is C20H23N3O4S. The molecule has 3 rings (SSSR count). The third-order valence-electron chi connectivity index (χ3n) is 4.43. The van der Waals surface area contributed by atoms with Gasteiger partial charge in [-0.15, -0.1) is 0 Å². The Hall–Kier alpha value is -2.71. The maximum atomic E-state index is 12.7. The van der Waals surface area contributed by atoms with Crippen LogP contribution in [0.15, 0.2) is 51.8 Å². The van der Waals surface area contributed by atoms with Crippen LogP contribution < -0.4 is 5.32 Å². The fourth-order valence-electron chi connectivity index (χ4n) is 2.92. The largest absolute Gasteiger partial charge is 0.441 e. The number of nitrogens with one attached hydrogen (secondary N) is 1. The molecule has 148 valence electrons. The lowest BCUT2D eigenvalue weighted by molar-refractivity contribution is 0.102. The molecule has 0 fully saturated rings. The Balaban J connectivity index is 1.85. The zero-order valence-corrected chi connectivity index (χ0v) is 16.9. The number of carbonyl (C=O) groups excluding carboxylic acids is 1. The van der Waals surface area contributed by atoms with Crippen LogP contribution in [0.4, 0.5) is 5.69 Å². The molecule has 0 spiro atoms. The monoisotopic (exact) mass is 401 g/mol. The summed E-state index contributed by atoms with van der Waals surface area (Å²) in [5.74, 6) is 0.239. The van der Waals surface area contributed by atoms with E-state index in [-0.39, 0.29) is 10.5 Å². The van der Waals surface area contributed by atoms with Crippen LogP contribution in [0.3, 0.4) is 0 Å². The van der Waals surface area contributed by atoms with Crippen molar-refractivity contribution in [2.75, 3.05) is 18.4 Å². The van der Waals surface area contributed by atoms with Crippen molar-refractivity contribution in [2.24, 2.45) is 0 Å². The Kier molecular flexibility index (Phi) is 5.81. The Bertz CT molecular complexity index is 1100. The van der Waals surface area contributed by atoms with Gasteiger partial charge in [-0.25, -0.2) is 13.4 Å². The van der Waals surface area contributed by atoms with Crippen molar-refractivity contribution in [3.05, 3.63) is 53.9 Å². The first-order valence-electron chi connectivity index (χ1n) is 9.20. The summed E-state index contributed by atoms with van der Waals surface area (Å²) in [7, 11) is -3.63. The lowest BCUT2D eigenvalue weighted by Gasteiger charge is -2.18. The molecule has 7 nitrogen and oxygen atoms in total. The minimum Gasteiger partial charge on any atom is -0.441 e. The van der Waals surface area contributed by atoms with Crippen LogP contribution in [0.25, 0.3) is 11.1 Å². The Labute approximate surface area is 164 Å². The first-order valence-corrected chi connectivity index (χ1v) is 10.6. The molecule has 0 saturated carbocycles. The number of hydrogen-bond acceptors (Lipinski definition) is 5. The number of aromatic nitrogens is 1. The number of hydrogen-bond donors (Lipinski definition) is 1. The van der Waals surface area contributed by atoms with Crippen LogP contribution in [0.5, 0.6) is 0 Å². The van der Waals surface area contributed by atoms with E-state index in [1.54, 1.807) is 44.2 Å². The Morgan fingerprint density at radius 1 is 1.11 bits per heavy atom. The normalized spacial score (nSPS) is 11.9. The third-order valence-corrected chi connectivity index (χ3v) is 6.48. The van der Waals surface area contributed by atoms with Gasteiger partial charge in [-0.2, -0.15) is 4.31 Å². The first kappa shape index (κ1) is 20.0. The minimum absolute atomic E-state index is 0.100. The molecule has 0 aliphatic rings. The third kappa shape index (κ3) is 3.93. The quantitative estimate of drug-likeness (QED) is 0.652. The molecule has 1 N–H and O–H groups in total. The maximum absolute atomic E-state index is 12.7. The number of carbonyl (C=O) groups is 1. The molecular weight excluding hydrogens is 378 g/mol. The number of oxazole rings is 1. The van der Waals surface area contributed by atoms with Crippen LogP contribution in [-0.4, -0.2) is 36.7 Å². The first-order chi connectivity index (χ1) is 13.4. The summed E-state index contributed by atoms with van der Waals surface area (Å²) < 4.78 is 32.3. The topological polar surface area (TPSA) is 92.5 Å². The second kappa shape index (κ2) is 8.12. The number of nitrogens with zero attached hydrogens (tertiary/aromatic N) is 2. The second-order valence-electron chi connectivity index (χ2n) is 6.21. The predicted molar refractivity (Wildman–Crippen MR) is 108 cm³/mol. The van der Waals surface area contributed by atoms with Crippen LogP contribution in [0.2, 0.25) is 0 Å². The number of rotatable bonds is 7. The van der Waals surface area contributed by atoms with Crippen LogP contribution in [-0.2, 0) is 16.4 Å². The smallest absolute Gasteiger partial charge is 0.255 e. The molecule has 8 heteroatoms. The Morgan fingerprint density at radius 3 is 2.54 bits per heavy atom. The summed E-state index contributed by atoms with van der Waals surface area (Å²) in [5.41, 5.74) is 2.14. The van der Waals surface area contributed by atoms with Crippen LogP contribution in [0, 0.1) is 0 Å². The molecule has 1 amide bonds. The van der Waals surface area contributed by atoms with Crippen LogP contribution >= 0.6 is 0 Å². The molecule has 28 heavy (non-hydrogen) atoms. The highest BCUT2D eigenvalue weighted by Gasteiger charge is 2.22. The summed E-state index contributed by atoms with van der Waals surface area (Å²) >= 11 is 0. The zero-order valence-electron chi connectivity index (χ0n) is 16.1. The molecule has 1 aromatic heterocycles. The van der Waals surface area contributed by atoms with Crippen molar-refractivity contribution in [1.29, 1.82) is 0 Å². The van der Waals surface area contributed by atoms with E-state index >= 15 is 0 Å². The molecule has 0 atom stereocenters. The number of anilines is 1. The van der Waals surface area contributed by atoms with Crippen molar-refractivity contribution in [2.45, 2.75) is 32.1 Å². The van der Waals surface area contributed by atoms with E-state index < -0.39 is 15.9 Å². The van der Waals surface area contributed by atoms with Crippen molar-refractivity contribution in [3.8, 4) is 0 Å².